The summed E-state index contributed by atoms with van der Waals surface area (Å²) in [5, 5.41) is 3.42. The highest BCUT2D eigenvalue weighted by Gasteiger charge is 2.34. The Balaban J connectivity index is 2.43. The van der Waals surface area contributed by atoms with Crippen molar-refractivity contribution in [3.8, 4) is 0 Å². The van der Waals surface area contributed by atoms with E-state index in [9.17, 15) is 13.2 Å². The molecule has 17 heavy (non-hydrogen) atoms. The molecule has 102 valence electrons. The molecule has 1 aliphatic heterocycles. The van der Waals surface area contributed by atoms with Crippen molar-refractivity contribution < 1.29 is 13.2 Å². The van der Waals surface area contributed by atoms with Gasteiger partial charge in [-0.3, -0.25) is 4.90 Å². The van der Waals surface area contributed by atoms with Gasteiger partial charge in [0.05, 0.1) is 0 Å². The number of hydrogen-bond acceptors (Lipinski definition) is 3. The van der Waals surface area contributed by atoms with Crippen molar-refractivity contribution in [2.24, 2.45) is 0 Å². The molecular weight excluding hydrogens is 249 g/mol. The van der Waals surface area contributed by atoms with Crippen LogP contribution in [0.4, 0.5) is 13.2 Å². The third-order valence-electron chi connectivity index (χ3n) is 3.24. The lowest BCUT2D eigenvalue weighted by Crippen LogP contribution is -2.62. The second-order valence-corrected chi connectivity index (χ2v) is 6.20. The van der Waals surface area contributed by atoms with Gasteiger partial charge in [-0.15, -0.1) is 0 Å². The molecule has 1 fully saturated rings. The average Bonchev–Trinajstić information content (AvgIpc) is 2.18. The Morgan fingerprint density at radius 2 is 2.06 bits per heavy atom. The molecule has 0 aliphatic carbocycles. The summed E-state index contributed by atoms with van der Waals surface area (Å²) in [6, 6.07) is 0.402. The molecule has 0 radical (unpaired) electrons. The maximum absolute atomic E-state index is 12.1. The standard InChI is InChI=1S/C11H21F3N2S/c1-4-9-7-16(10(2,3)8-15-9)5-6-17-11(12,13)14/h9,15H,4-8H2,1-3H3. The van der Waals surface area contributed by atoms with Gasteiger partial charge in [0.25, 0.3) is 0 Å². The fraction of sp³-hybridized carbons (Fsp3) is 1.00. The monoisotopic (exact) mass is 270 g/mol. The number of alkyl halides is 3. The topological polar surface area (TPSA) is 15.3 Å². The lowest BCUT2D eigenvalue weighted by molar-refractivity contribution is -0.0331. The Kier molecular flexibility index (Phi) is 5.16. The number of rotatable bonds is 4. The zero-order chi connectivity index (χ0) is 13.1. The summed E-state index contributed by atoms with van der Waals surface area (Å²) in [5.74, 6) is 0.114. The van der Waals surface area contributed by atoms with Crippen LogP contribution >= 0.6 is 11.8 Å². The van der Waals surface area contributed by atoms with Crippen LogP contribution in [0.3, 0.4) is 0 Å². The molecule has 2 nitrogen and oxygen atoms in total. The van der Waals surface area contributed by atoms with Crippen molar-refractivity contribution >= 4 is 11.8 Å². The predicted molar refractivity (Wildman–Crippen MR) is 66.2 cm³/mol. The minimum Gasteiger partial charge on any atom is -0.311 e. The molecule has 0 bridgehead atoms. The average molecular weight is 270 g/mol. The second-order valence-electron chi connectivity index (χ2n) is 5.04. The predicted octanol–water partition coefficient (Wildman–Crippen LogP) is 2.70. The Morgan fingerprint density at radius 1 is 1.41 bits per heavy atom. The van der Waals surface area contributed by atoms with Gasteiger partial charge in [0.1, 0.15) is 0 Å². The molecule has 1 heterocycles. The van der Waals surface area contributed by atoms with E-state index in [1.165, 1.54) is 0 Å². The number of thioether (sulfide) groups is 1. The van der Waals surface area contributed by atoms with Gasteiger partial charge in [-0.1, -0.05) is 6.92 Å². The molecule has 0 aromatic carbocycles. The van der Waals surface area contributed by atoms with Crippen molar-refractivity contribution in [1.82, 2.24) is 10.2 Å². The van der Waals surface area contributed by atoms with E-state index in [0.717, 1.165) is 19.5 Å². The molecule has 1 atom stereocenters. The molecule has 0 aromatic heterocycles. The highest BCUT2D eigenvalue weighted by atomic mass is 32.2. The van der Waals surface area contributed by atoms with Crippen molar-refractivity contribution in [3.05, 3.63) is 0 Å². The maximum Gasteiger partial charge on any atom is 0.441 e. The number of piperazine rings is 1. The smallest absolute Gasteiger partial charge is 0.311 e. The Hall–Kier alpha value is 0.0600. The first kappa shape index (κ1) is 15.1. The first-order chi connectivity index (χ1) is 7.74. The fourth-order valence-electron chi connectivity index (χ4n) is 2.02. The molecular formula is C11H21F3N2S. The number of nitrogens with one attached hydrogen (secondary N) is 1. The summed E-state index contributed by atoms with van der Waals surface area (Å²) < 4.78 is 36.2. The van der Waals surface area contributed by atoms with Gasteiger partial charge in [0.2, 0.25) is 0 Å². The summed E-state index contributed by atoms with van der Waals surface area (Å²) >= 11 is 0.0747. The van der Waals surface area contributed by atoms with Crippen molar-refractivity contribution in [2.75, 3.05) is 25.4 Å². The van der Waals surface area contributed by atoms with Crippen LogP contribution in [0.15, 0.2) is 0 Å². The van der Waals surface area contributed by atoms with Crippen LogP contribution < -0.4 is 5.32 Å². The second kappa shape index (κ2) is 5.80. The minimum atomic E-state index is -4.11. The van der Waals surface area contributed by atoms with Gasteiger partial charge in [-0.05, 0) is 32.0 Å². The van der Waals surface area contributed by atoms with Crippen LogP contribution in [-0.4, -0.2) is 47.4 Å². The molecule has 1 N–H and O–H groups in total. The third kappa shape index (κ3) is 5.06. The van der Waals surface area contributed by atoms with Crippen LogP contribution in [0.5, 0.6) is 0 Å². The van der Waals surface area contributed by atoms with Gasteiger partial charge in [0, 0.05) is 37.0 Å². The summed E-state index contributed by atoms with van der Waals surface area (Å²) in [6.07, 6.45) is 1.01. The van der Waals surface area contributed by atoms with E-state index in [1.807, 2.05) is 0 Å². The molecule has 0 aromatic rings. The Labute approximate surface area is 105 Å². The van der Waals surface area contributed by atoms with Crippen LogP contribution in [0.25, 0.3) is 0 Å². The summed E-state index contributed by atoms with van der Waals surface area (Å²) in [7, 11) is 0. The third-order valence-corrected chi connectivity index (χ3v) is 3.95. The van der Waals surface area contributed by atoms with Crippen molar-refractivity contribution in [2.45, 2.75) is 44.3 Å². The van der Waals surface area contributed by atoms with Gasteiger partial charge in [-0.2, -0.15) is 13.2 Å². The van der Waals surface area contributed by atoms with Gasteiger partial charge < -0.3 is 5.32 Å². The first-order valence-corrected chi connectivity index (χ1v) is 6.92. The number of halogens is 3. The van der Waals surface area contributed by atoms with E-state index in [-0.39, 0.29) is 23.1 Å². The quantitative estimate of drug-likeness (QED) is 0.845. The first-order valence-electron chi connectivity index (χ1n) is 5.94. The molecule has 0 amide bonds. The molecule has 0 spiro atoms. The normalized spacial score (nSPS) is 26.1. The van der Waals surface area contributed by atoms with E-state index in [2.05, 4.69) is 31.0 Å². The zero-order valence-electron chi connectivity index (χ0n) is 10.6. The van der Waals surface area contributed by atoms with Crippen LogP contribution in [0.1, 0.15) is 27.2 Å². The Morgan fingerprint density at radius 3 is 2.59 bits per heavy atom. The molecule has 1 unspecified atom stereocenters. The van der Waals surface area contributed by atoms with Gasteiger partial charge >= 0.3 is 5.51 Å². The molecule has 1 rings (SSSR count). The SMILES string of the molecule is CCC1CN(CCSC(F)(F)F)C(C)(C)CN1. The van der Waals surface area contributed by atoms with E-state index >= 15 is 0 Å². The van der Waals surface area contributed by atoms with Gasteiger partial charge in [-0.25, -0.2) is 0 Å². The lowest BCUT2D eigenvalue weighted by atomic mass is 9.97. The molecule has 1 saturated heterocycles. The lowest BCUT2D eigenvalue weighted by Gasteiger charge is -2.46. The van der Waals surface area contributed by atoms with Crippen LogP contribution in [0, 0.1) is 0 Å². The highest BCUT2D eigenvalue weighted by Crippen LogP contribution is 2.30. The van der Waals surface area contributed by atoms with E-state index in [0.29, 0.717) is 12.6 Å². The van der Waals surface area contributed by atoms with E-state index < -0.39 is 5.51 Å². The largest absolute Gasteiger partial charge is 0.441 e. The highest BCUT2D eigenvalue weighted by molar-refractivity contribution is 8.00. The fourth-order valence-corrected chi connectivity index (χ4v) is 2.57. The summed E-state index contributed by atoms with van der Waals surface area (Å²) in [4.78, 5) is 2.16. The van der Waals surface area contributed by atoms with Crippen LogP contribution in [-0.2, 0) is 0 Å². The number of hydrogen-bond donors (Lipinski definition) is 1. The van der Waals surface area contributed by atoms with E-state index in [4.69, 9.17) is 0 Å². The zero-order valence-corrected chi connectivity index (χ0v) is 11.4. The summed E-state index contributed by atoms with van der Waals surface area (Å²) in [6.45, 7) is 8.41. The Bertz CT molecular complexity index is 243. The van der Waals surface area contributed by atoms with E-state index in [1.54, 1.807) is 0 Å². The molecule has 6 heteroatoms. The number of nitrogens with zero attached hydrogens (tertiary/aromatic N) is 1. The maximum atomic E-state index is 12.1. The minimum absolute atomic E-state index is 0.0577. The molecule has 1 aliphatic rings. The summed E-state index contributed by atoms with van der Waals surface area (Å²) in [5.41, 5.74) is -4.17. The van der Waals surface area contributed by atoms with Crippen LogP contribution in [0.2, 0.25) is 0 Å². The molecule has 0 saturated carbocycles. The van der Waals surface area contributed by atoms with Gasteiger partial charge in [0.15, 0.2) is 0 Å². The van der Waals surface area contributed by atoms with Crippen molar-refractivity contribution in [1.29, 1.82) is 0 Å². The van der Waals surface area contributed by atoms with Crippen molar-refractivity contribution in [3.63, 3.8) is 0 Å².